The molecule has 0 aromatic carbocycles. The van der Waals surface area contributed by atoms with Crippen molar-refractivity contribution in [1.82, 2.24) is 0 Å². The topological polar surface area (TPSA) is 82.9 Å². The molecule has 0 saturated heterocycles. The Morgan fingerprint density at radius 3 is 2.79 bits per heavy atom. The van der Waals surface area contributed by atoms with Crippen LogP contribution in [0.1, 0.15) is 71.6 Å². The third kappa shape index (κ3) is 3.03. The van der Waals surface area contributed by atoms with Crippen molar-refractivity contribution >= 4 is 11.6 Å². The Morgan fingerprint density at radius 1 is 1.18 bits per heavy atom. The second-order valence-electron chi connectivity index (χ2n) is 10.2. The van der Waals surface area contributed by atoms with Gasteiger partial charge >= 0.3 is 0 Å². The van der Waals surface area contributed by atoms with Gasteiger partial charge in [0.25, 0.3) is 0 Å². The molecule has 4 fully saturated rings. The van der Waals surface area contributed by atoms with Gasteiger partial charge in [-0.15, -0.1) is 0 Å². The predicted molar refractivity (Wildman–Crippen MR) is 108 cm³/mol. The van der Waals surface area contributed by atoms with Crippen molar-refractivity contribution in [2.24, 2.45) is 45.5 Å². The van der Waals surface area contributed by atoms with Gasteiger partial charge in [-0.05, 0) is 79.6 Å². The number of carbonyl (C=O) groups is 2. The standard InChI is InChI=1S/C23H33N3O2/c1-22-10-8-15(5-3-4-12-25-26-24)13-19(22)20(27)14-16-17-6-7-21(28)23(17,2)11-9-18(16)22/h3,5,15-19H,4,6-14H2,1-2H3/t15-,16-,17-,18-,19?,22+,23-/m0/s1. The molecule has 0 heterocycles. The second kappa shape index (κ2) is 7.33. The molecule has 7 atom stereocenters. The maximum atomic E-state index is 13.3. The lowest BCUT2D eigenvalue weighted by Gasteiger charge is -2.59. The van der Waals surface area contributed by atoms with E-state index in [9.17, 15) is 9.59 Å². The summed E-state index contributed by atoms with van der Waals surface area (Å²) in [6, 6.07) is 0. The Labute approximate surface area is 168 Å². The highest BCUT2D eigenvalue weighted by molar-refractivity contribution is 5.88. The molecule has 4 aliphatic rings. The van der Waals surface area contributed by atoms with Crippen LogP contribution in [0.25, 0.3) is 10.4 Å². The fourth-order valence-electron chi connectivity index (χ4n) is 7.48. The summed E-state index contributed by atoms with van der Waals surface area (Å²) in [5.74, 6) is 3.01. The first-order valence-electron chi connectivity index (χ1n) is 11.1. The number of allylic oxidation sites excluding steroid dienone is 1. The summed E-state index contributed by atoms with van der Waals surface area (Å²) in [4.78, 5) is 28.6. The average Bonchev–Trinajstić information content (AvgIpc) is 2.98. The van der Waals surface area contributed by atoms with E-state index in [-0.39, 0.29) is 16.7 Å². The van der Waals surface area contributed by atoms with Crippen LogP contribution >= 0.6 is 0 Å². The number of fused-ring (bicyclic) bond motifs is 5. The Bertz CT molecular complexity index is 740. The zero-order valence-electron chi connectivity index (χ0n) is 17.3. The summed E-state index contributed by atoms with van der Waals surface area (Å²) in [6.07, 6.45) is 12.9. The van der Waals surface area contributed by atoms with Crippen molar-refractivity contribution in [2.45, 2.75) is 71.6 Å². The van der Waals surface area contributed by atoms with Crippen molar-refractivity contribution in [3.8, 4) is 0 Å². The van der Waals surface area contributed by atoms with E-state index >= 15 is 0 Å². The fraction of sp³-hybridized carbons (Fsp3) is 0.826. The SMILES string of the molecule is C[C@]12CC[C@H](C=CCCN=[N+]=[N-])CC1C(=O)C[C@@H]1[C@@H]2CC[C@]2(C)C(=O)CC[C@@H]12. The third-order valence-corrected chi connectivity index (χ3v) is 9.07. The van der Waals surface area contributed by atoms with E-state index in [1.807, 2.05) is 0 Å². The first-order valence-corrected chi connectivity index (χ1v) is 11.1. The molecule has 152 valence electrons. The third-order valence-electron chi connectivity index (χ3n) is 9.07. The van der Waals surface area contributed by atoms with Gasteiger partial charge in [0.05, 0.1) is 0 Å². The van der Waals surface area contributed by atoms with E-state index in [0.29, 0.717) is 48.2 Å². The normalized spacial score (nSPS) is 45.3. The maximum absolute atomic E-state index is 13.3. The summed E-state index contributed by atoms with van der Waals surface area (Å²) in [6.45, 7) is 5.07. The second-order valence-corrected chi connectivity index (χ2v) is 10.2. The zero-order valence-corrected chi connectivity index (χ0v) is 17.3. The Balaban J connectivity index is 1.49. The molecule has 4 aliphatic carbocycles. The van der Waals surface area contributed by atoms with E-state index in [1.165, 1.54) is 0 Å². The average molecular weight is 384 g/mol. The molecule has 0 spiro atoms. The molecule has 0 amide bonds. The number of nitrogens with zero attached hydrogens (tertiary/aromatic N) is 3. The van der Waals surface area contributed by atoms with Gasteiger partial charge in [-0.25, -0.2) is 0 Å². The lowest BCUT2D eigenvalue weighted by molar-refractivity contribution is -0.157. The lowest BCUT2D eigenvalue weighted by atomic mass is 9.44. The van der Waals surface area contributed by atoms with Crippen molar-refractivity contribution in [3.63, 3.8) is 0 Å². The van der Waals surface area contributed by atoms with Gasteiger partial charge in [0.2, 0.25) is 0 Å². The number of hydrogen-bond donors (Lipinski definition) is 0. The number of ketones is 2. The van der Waals surface area contributed by atoms with Crippen LogP contribution in [0.3, 0.4) is 0 Å². The minimum Gasteiger partial charge on any atom is -0.299 e. The molecule has 4 saturated carbocycles. The Kier molecular flexibility index (Phi) is 5.16. The minimum atomic E-state index is -0.156. The molecule has 1 unspecified atom stereocenters. The first kappa shape index (κ1) is 19.7. The van der Waals surface area contributed by atoms with Gasteiger partial charge in [-0.1, -0.05) is 31.1 Å². The number of carbonyl (C=O) groups excluding carboxylic acids is 2. The molecule has 0 N–H and O–H groups in total. The van der Waals surface area contributed by atoms with Crippen LogP contribution in [-0.2, 0) is 9.59 Å². The van der Waals surface area contributed by atoms with Crippen LogP contribution in [0, 0.1) is 40.4 Å². The number of rotatable bonds is 4. The highest BCUT2D eigenvalue weighted by Crippen LogP contribution is 2.65. The van der Waals surface area contributed by atoms with Gasteiger partial charge < -0.3 is 0 Å². The molecule has 0 aromatic rings. The largest absolute Gasteiger partial charge is 0.299 e. The van der Waals surface area contributed by atoms with Crippen LogP contribution < -0.4 is 0 Å². The molecule has 0 bridgehead atoms. The maximum Gasteiger partial charge on any atom is 0.139 e. The van der Waals surface area contributed by atoms with Crippen LogP contribution in [0.5, 0.6) is 0 Å². The molecular weight excluding hydrogens is 350 g/mol. The van der Waals surface area contributed by atoms with Crippen molar-refractivity contribution in [2.75, 3.05) is 6.54 Å². The minimum absolute atomic E-state index is 0.114. The number of Topliss-reactive ketones (excluding diaryl/α,β-unsaturated/α-hetero) is 2. The van der Waals surface area contributed by atoms with E-state index < -0.39 is 0 Å². The molecule has 5 nitrogen and oxygen atoms in total. The first-order chi connectivity index (χ1) is 13.4. The zero-order chi connectivity index (χ0) is 19.9. The molecule has 4 rings (SSSR count). The smallest absolute Gasteiger partial charge is 0.139 e. The Hall–Kier alpha value is -1.61. The van der Waals surface area contributed by atoms with Gasteiger partial charge in [0.1, 0.15) is 11.6 Å². The summed E-state index contributed by atoms with van der Waals surface area (Å²) in [5, 5.41) is 3.58. The molecule has 0 aromatic heterocycles. The van der Waals surface area contributed by atoms with Crippen molar-refractivity contribution in [1.29, 1.82) is 0 Å². The van der Waals surface area contributed by atoms with Crippen LogP contribution in [0.2, 0.25) is 0 Å². The van der Waals surface area contributed by atoms with E-state index in [0.717, 1.165) is 51.4 Å². The van der Waals surface area contributed by atoms with Crippen molar-refractivity contribution < 1.29 is 9.59 Å². The molecule has 0 radical (unpaired) electrons. The van der Waals surface area contributed by atoms with Gasteiger partial charge in [0, 0.05) is 35.6 Å². The monoisotopic (exact) mass is 383 g/mol. The Morgan fingerprint density at radius 2 is 2.00 bits per heavy atom. The van der Waals surface area contributed by atoms with Crippen LogP contribution in [0.15, 0.2) is 17.3 Å². The highest BCUT2D eigenvalue weighted by atomic mass is 16.1. The lowest BCUT2D eigenvalue weighted by Crippen LogP contribution is -2.56. The molecular formula is C23H33N3O2. The molecule has 5 heteroatoms. The highest BCUT2D eigenvalue weighted by Gasteiger charge is 2.62. The number of hydrogen-bond acceptors (Lipinski definition) is 3. The van der Waals surface area contributed by atoms with Gasteiger partial charge in [-0.2, -0.15) is 0 Å². The predicted octanol–water partition coefficient (Wildman–Crippen LogP) is 5.65. The van der Waals surface area contributed by atoms with E-state index in [1.54, 1.807) is 0 Å². The number of azide groups is 1. The fourth-order valence-corrected chi connectivity index (χ4v) is 7.48. The van der Waals surface area contributed by atoms with Gasteiger partial charge in [0.15, 0.2) is 0 Å². The van der Waals surface area contributed by atoms with Crippen LogP contribution in [-0.4, -0.2) is 18.1 Å². The quantitative estimate of drug-likeness (QED) is 0.207. The summed E-state index contributed by atoms with van der Waals surface area (Å²) >= 11 is 0. The van der Waals surface area contributed by atoms with Gasteiger partial charge in [-0.3, -0.25) is 9.59 Å². The summed E-state index contributed by atoms with van der Waals surface area (Å²) in [7, 11) is 0. The molecule has 28 heavy (non-hydrogen) atoms. The van der Waals surface area contributed by atoms with Crippen LogP contribution in [0.4, 0.5) is 0 Å². The van der Waals surface area contributed by atoms with E-state index in [2.05, 4.69) is 36.0 Å². The molecule has 0 aliphatic heterocycles. The van der Waals surface area contributed by atoms with E-state index in [4.69, 9.17) is 5.53 Å². The summed E-state index contributed by atoms with van der Waals surface area (Å²) in [5.41, 5.74) is 8.32. The van der Waals surface area contributed by atoms with Crippen molar-refractivity contribution in [3.05, 3.63) is 22.6 Å². The summed E-state index contributed by atoms with van der Waals surface area (Å²) < 4.78 is 0.